The first kappa shape index (κ1) is 10.4. The number of anilines is 1. The van der Waals surface area contributed by atoms with Crippen LogP contribution >= 0.6 is 0 Å². The average molecular weight is 213 g/mol. The number of carbonyl (C=O) groups excluding carboxylic acids is 1. The zero-order valence-corrected chi connectivity index (χ0v) is 8.58. The van der Waals surface area contributed by atoms with Gasteiger partial charge in [0.15, 0.2) is 5.78 Å². The number of allylic oxidation sites excluding steroid dienone is 5. The molecule has 0 spiro atoms. The highest BCUT2D eigenvalue weighted by Crippen LogP contribution is 2.14. The third kappa shape index (κ3) is 2.46. The predicted octanol–water partition coefficient (Wildman–Crippen LogP) is 2.46. The van der Waals surface area contributed by atoms with Crippen molar-refractivity contribution in [3.05, 3.63) is 66.4 Å². The van der Waals surface area contributed by atoms with Gasteiger partial charge in [-0.3, -0.25) is 10.0 Å². The zero-order chi connectivity index (χ0) is 11.4. The van der Waals surface area contributed by atoms with Crippen LogP contribution in [-0.2, 0) is 4.79 Å². The van der Waals surface area contributed by atoms with Gasteiger partial charge in [-0.2, -0.15) is 0 Å². The highest BCUT2D eigenvalue weighted by molar-refractivity contribution is 6.01. The van der Waals surface area contributed by atoms with E-state index < -0.39 is 0 Å². The number of benzene rings is 1. The first-order valence-corrected chi connectivity index (χ1v) is 4.91. The molecule has 0 aliphatic heterocycles. The van der Waals surface area contributed by atoms with Crippen LogP contribution in [0.25, 0.3) is 0 Å². The first-order valence-electron chi connectivity index (χ1n) is 4.91. The Morgan fingerprint density at radius 3 is 2.25 bits per heavy atom. The molecule has 1 aromatic carbocycles. The minimum Gasteiger partial charge on any atom is -0.290 e. The van der Waals surface area contributed by atoms with E-state index in [0.29, 0.717) is 5.69 Å². The molecule has 0 radical (unpaired) electrons. The number of nitrogens with zero attached hydrogens (tertiary/aromatic N) is 1. The molecule has 80 valence electrons. The molecule has 0 bridgehead atoms. The van der Waals surface area contributed by atoms with Gasteiger partial charge in [-0.05, 0) is 42.0 Å². The van der Waals surface area contributed by atoms with Gasteiger partial charge in [0, 0.05) is 6.20 Å². The molecule has 0 unspecified atom stereocenters. The summed E-state index contributed by atoms with van der Waals surface area (Å²) in [5, 5.41) is 10.8. The lowest BCUT2D eigenvalue weighted by molar-refractivity contribution is -0.110. The van der Waals surface area contributed by atoms with Crippen LogP contribution in [0.5, 0.6) is 0 Å². The Kier molecular flexibility index (Phi) is 2.98. The van der Waals surface area contributed by atoms with Crippen LogP contribution < -0.4 is 5.06 Å². The first-order chi connectivity index (χ1) is 7.75. The quantitative estimate of drug-likeness (QED) is 0.767. The van der Waals surface area contributed by atoms with Crippen molar-refractivity contribution in [2.75, 3.05) is 5.06 Å². The minimum atomic E-state index is -0.0404. The second kappa shape index (κ2) is 4.59. The van der Waals surface area contributed by atoms with E-state index in [0.717, 1.165) is 10.6 Å². The fourth-order valence-corrected chi connectivity index (χ4v) is 1.35. The van der Waals surface area contributed by atoms with Gasteiger partial charge >= 0.3 is 0 Å². The molecule has 2 rings (SSSR count). The molecule has 0 amide bonds. The van der Waals surface area contributed by atoms with Gasteiger partial charge < -0.3 is 0 Å². The number of hydroxylamine groups is 1. The normalized spacial score (nSPS) is 14.1. The van der Waals surface area contributed by atoms with Crippen molar-refractivity contribution in [3.8, 4) is 0 Å². The van der Waals surface area contributed by atoms with E-state index in [1.54, 1.807) is 30.5 Å². The number of hydrogen-bond acceptors (Lipinski definition) is 3. The van der Waals surface area contributed by atoms with Gasteiger partial charge in [-0.15, -0.1) is 0 Å². The summed E-state index contributed by atoms with van der Waals surface area (Å²) >= 11 is 0. The Balaban J connectivity index is 2.16. The van der Waals surface area contributed by atoms with Crippen molar-refractivity contribution >= 4 is 11.5 Å². The van der Waals surface area contributed by atoms with E-state index in [1.165, 1.54) is 12.2 Å². The van der Waals surface area contributed by atoms with Crippen LogP contribution in [0.2, 0.25) is 0 Å². The lowest BCUT2D eigenvalue weighted by Crippen LogP contribution is -2.10. The summed E-state index contributed by atoms with van der Waals surface area (Å²) in [6.45, 7) is 0. The van der Waals surface area contributed by atoms with Crippen LogP contribution in [0.4, 0.5) is 5.69 Å². The molecule has 1 aliphatic carbocycles. The van der Waals surface area contributed by atoms with Gasteiger partial charge in [0.25, 0.3) is 0 Å². The standard InChI is InChI=1S/C13H11NO2/c15-13-8-6-11(7-9-13)10-14(16)12-4-2-1-3-5-12/h1-10,16H. The molecule has 16 heavy (non-hydrogen) atoms. The molecule has 3 heteroatoms. The SMILES string of the molecule is O=C1C=CC(=CN(O)c2ccccc2)C=C1. The van der Waals surface area contributed by atoms with Crippen LogP contribution in [0.1, 0.15) is 0 Å². The lowest BCUT2D eigenvalue weighted by Gasteiger charge is -2.12. The van der Waals surface area contributed by atoms with E-state index in [4.69, 9.17) is 0 Å². The van der Waals surface area contributed by atoms with Gasteiger partial charge in [0.1, 0.15) is 0 Å². The molecule has 0 atom stereocenters. The summed E-state index contributed by atoms with van der Waals surface area (Å²) in [7, 11) is 0. The van der Waals surface area contributed by atoms with Crippen molar-refractivity contribution in [1.29, 1.82) is 0 Å². The molecule has 0 aromatic heterocycles. The number of para-hydroxylation sites is 1. The largest absolute Gasteiger partial charge is 0.290 e. The third-order valence-electron chi connectivity index (χ3n) is 2.17. The van der Waals surface area contributed by atoms with E-state index in [9.17, 15) is 10.0 Å². The second-order valence-electron chi connectivity index (χ2n) is 3.38. The van der Waals surface area contributed by atoms with Crippen LogP contribution in [0, 0.1) is 0 Å². The minimum absolute atomic E-state index is 0.0404. The summed E-state index contributed by atoms with van der Waals surface area (Å²) < 4.78 is 0. The van der Waals surface area contributed by atoms with Gasteiger partial charge in [0.05, 0.1) is 5.69 Å². The Hall–Kier alpha value is -2.13. The smallest absolute Gasteiger partial charge is 0.178 e. The fraction of sp³-hybridized carbons (Fsp3) is 0. The topological polar surface area (TPSA) is 40.5 Å². The molecule has 1 N–H and O–H groups in total. The van der Waals surface area contributed by atoms with Crippen molar-refractivity contribution in [2.24, 2.45) is 0 Å². The number of carbonyl (C=O) groups is 1. The Morgan fingerprint density at radius 2 is 1.62 bits per heavy atom. The van der Waals surface area contributed by atoms with Crippen LogP contribution in [0.3, 0.4) is 0 Å². The van der Waals surface area contributed by atoms with Crippen molar-refractivity contribution < 1.29 is 10.0 Å². The molecule has 0 heterocycles. The molecular weight excluding hydrogens is 202 g/mol. The number of hydrogen-bond donors (Lipinski definition) is 1. The molecule has 0 fully saturated rings. The highest BCUT2D eigenvalue weighted by Gasteiger charge is 2.02. The van der Waals surface area contributed by atoms with Crippen molar-refractivity contribution in [1.82, 2.24) is 0 Å². The molecule has 0 saturated heterocycles. The third-order valence-corrected chi connectivity index (χ3v) is 2.17. The lowest BCUT2D eigenvalue weighted by atomic mass is 10.1. The molecule has 3 nitrogen and oxygen atoms in total. The van der Waals surface area contributed by atoms with Crippen LogP contribution in [-0.4, -0.2) is 11.0 Å². The molecular formula is C13H11NO2. The molecule has 0 saturated carbocycles. The fourth-order valence-electron chi connectivity index (χ4n) is 1.35. The Bertz CT molecular complexity index is 454. The Morgan fingerprint density at radius 1 is 1.00 bits per heavy atom. The number of rotatable bonds is 2. The summed E-state index contributed by atoms with van der Waals surface area (Å²) in [5.41, 5.74) is 1.44. The maximum Gasteiger partial charge on any atom is 0.178 e. The summed E-state index contributed by atoms with van der Waals surface area (Å²) in [4.78, 5) is 10.9. The predicted molar refractivity (Wildman–Crippen MR) is 62.1 cm³/mol. The second-order valence-corrected chi connectivity index (χ2v) is 3.38. The monoisotopic (exact) mass is 213 g/mol. The average Bonchev–Trinajstić information content (AvgIpc) is 2.33. The maximum atomic E-state index is 10.9. The summed E-state index contributed by atoms with van der Waals surface area (Å²) in [5.74, 6) is -0.0404. The number of ketones is 1. The highest BCUT2D eigenvalue weighted by atomic mass is 16.5. The van der Waals surface area contributed by atoms with Crippen molar-refractivity contribution in [3.63, 3.8) is 0 Å². The molecule has 1 aromatic rings. The van der Waals surface area contributed by atoms with Gasteiger partial charge in [-0.1, -0.05) is 18.2 Å². The molecule has 1 aliphatic rings. The maximum absolute atomic E-state index is 10.9. The van der Waals surface area contributed by atoms with Crippen LogP contribution in [0.15, 0.2) is 66.4 Å². The van der Waals surface area contributed by atoms with E-state index in [1.807, 2.05) is 18.2 Å². The Labute approximate surface area is 93.6 Å². The van der Waals surface area contributed by atoms with Gasteiger partial charge in [-0.25, -0.2) is 5.06 Å². The van der Waals surface area contributed by atoms with E-state index in [2.05, 4.69) is 0 Å². The van der Waals surface area contributed by atoms with Crippen molar-refractivity contribution in [2.45, 2.75) is 0 Å². The van der Waals surface area contributed by atoms with Gasteiger partial charge in [0.2, 0.25) is 0 Å². The zero-order valence-electron chi connectivity index (χ0n) is 8.58. The van der Waals surface area contributed by atoms with E-state index in [-0.39, 0.29) is 5.78 Å². The summed E-state index contributed by atoms with van der Waals surface area (Å²) in [6.07, 6.45) is 7.80. The summed E-state index contributed by atoms with van der Waals surface area (Å²) in [6, 6.07) is 9.14. The van der Waals surface area contributed by atoms with E-state index >= 15 is 0 Å².